The van der Waals surface area contributed by atoms with Gasteiger partial charge in [-0.3, -0.25) is 0 Å². The lowest BCUT2D eigenvalue weighted by Gasteiger charge is -2.09. The van der Waals surface area contributed by atoms with Crippen molar-refractivity contribution in [2.24, 2.45) is 0 Å². The van der Waals surface area contributed by atoms with Crippen molar-refractivity contribution in [3.05, 3.63) is 55.4 Å². The number of halogens is 3. The van der Waals surface area contributed by atoms with Gasteiger partial charge >= 0.3 is 0 Å². The van der Waals surface area contributed by atoms with E-state index in [0.29, 0.717) is 5.56 Å². The maximum absolute atomic E-state index is 13.8. The second-order valence-corrected chi connectivity index (χ2v) is 6.52. The molecule has 0 saturated carbocycles. The standard InChI is InChI=1S/C13H11BrClFS/c1-7-3-4-9(11(16)5-7)13(15)12-6-10(14)8(2)17-12/h3-6,13H,1-2H3. The fourth-order valence-electron chi connectivity index (χ4n) is 1.60. The van der Waals surface area contributed by atoms with E-state index in [1.807, 2.05) is 26.0 Å². The zero-order chi connectivity index (χ0) is 12.6. The molecule has 0 bridgehead atoms. The van der Waals surface area contributed by atoms with E-state index in [1.54, 1.807) is 17.4 Å². The molecule has 1 unspecified atom stereocenters. The highest BCUT2D eigenvalue weighted by molar-refractivity contribution is 9.10. The molecule has 1 aromatic carbocycles. The van der Waals surface area contributed by atoms with Crippen LogP contribution in [0.3, 0.4) is 0 Å². The fourth-order valence-corrected chi connectivity index (χ4v) is 3.53. The number of alkyl halides is 1. The Labute approximate surface area is 118 Å². The molecule has 1 aromatic heterocycles. The molecule has 0 amide bonds. The predicted octanol–water partition coefficient (Wildman–Crippen LogP) is 5.59. The van der Waals surface area contributed by atoms with Gasteiger partial charge in [0.05, 0.1) is 5.38 Å². The molecule has 90 valence electrons. The third-order valence-electron chi connectivity index (χ3n) is 2.56. The average Bonchev–Trinajstić information content (AvgIpc) is 2.58. The van der Waals surface area contributed by atoms with E-state index in [-0.39, 0.29) is 5.82 Å². The normalized spacial score (nSPS) is 12.8. The summed E-state index contributed by atoms with van der Waals surface area (Å²) >= 11 is 11.4. The second kappa shape index (κ2) is 5.09. The molecule has 0 spiro atoms. The van der Waals surface area contributed by atoms with Crippen molar-refractivity contribution in [3.63, 3.8) is 0 Å². The number of benzene rings is 1. The van der Waals surface area contributed by atoms with Gasteiger partial charge in [0.25, 0.3) is 0 Å². The maximum Gasteiger partial charge on any atom is 0.128 e. The van der Waals surface area contributed by atoms with E-state index < -0.39 is 5.38 Å². The van der Waals surface area contributed by atoms with E-state index in [9.17, 15) is 4.39 Å². The van der Waals surface area contributed by atoms with Gasteiger partial charge in [0.1, 0.15) is 5.82 Å². The topological polar surface area (TPSA) is 0 Å². The Kier molecular flexibility index (Phi) is 3.91. The van der Waals surface area contributed by atoms with Crippen molar-refractivity contribution in [1.82, 2.24) is 0 Å². The molecule has 0 aliphatic rings. The molecule has 2 rings (SSSR count). The smallest absolute Gasteiger partial charge is 0.128 e. The molecule has 0 fully saturated rings. The molecule has 0 aliphatic heterocycles. The summed E-state index contributed by atoms with van der Waals surface area (Å²) in [6.07, 6.45) is 0. The van der Waals surface area contributed by atoms with Crippen LogP contribution in [0.15, 0.2) is 28.7 Å². The van der Waals surface area contributed by atoms with E-state index >= 15 is 0 Å². The van der Waals surface area contributed by atoms with Crippen molar-refractivity contribution in [1.29, 1.82) is 0 Å². The van der Waals surface area contributed by atoms with Gasteiger partial charge in [-0.1, -0.05) is 12.1 Å². The van der Waals surface area contributed by atoms with Crippen LogP contribution in [0.4, 0.5) is 4.39 Å². The highest BCUT2D eigenvalue weighted by Crippen LogP contribution is 2.38. The fraction of sp³-hybridized carbons (Fsp3) is 0.231. The van der Waals surface area contributed by atoms with Crippen molar-refractivity contribution in [3.8, 4) is 0 Å². The molecule has 17 heavy (non-hydrogen) atoms. The molecule has 1 heterocycles. The minimum Gasteiger partial charge on any atom is -0.207 e. The second-order valence-electron chi connectivity index (χ2n) is 3.94. The summed E-state index contributed by atoms with van der Waals surface area (Å²) in [5.41, 5.74) is 1.43. The molecule has 0 saturated heterocycles. The summed E-state index contributed by atoms with van der Waals surface area (Å²) in [6.45, 7) is 3.87. The number of aryl methyl sites for hydroxylation is 2. The average molecular weight is 334 g/mol. The lowest BCUT2D eigenvalue weighted by atomic mass is 10.1. The SMILES string of the molecule is Cc1ccc(C(Cl)c2cc(Br)c(C)s2)c(F)c1. The Balaban J connectivity index is 2.39. The highest BCUT2D eigenvalue weighted by Gasteiger charge is 2.18. The van der Waals surface area contributed by atoms with E-state index in [2.05, 4.69) is 15.9 Å². The summed E-state index contributed by atoms with van der Waals surface area (Å²) < 4.78 is 14.8. The van der Waals surface area contributed by atoms with Crippen LogP contribution in [0.2, 0.25) is 0 Å². The molecule has 1 atom stereocenters. The number of hydrogen-bond donors (Lipinski definition) is 0. The van der Waals surface area contributed by atoms with Crippen LogP contribution >= 0.6 is 38.9 Å². The Bertz CT molecular complexity index is 531. The van der Waals surface area contributed by atoms with Crippen LogP contribution < -0.4 is 0 Å². The van der Waals surface area contributed by atoms with Gasteiger partial charge in [-0.25, -0.2) is 4.39 Å². The maximum atomic E-state index is 13.8. The quantitative estimate of drug-likeness (QED) is 0.628. The molecule has 4 heteroatoms. The molecule has 0 radical (unpaired) electrons. The zero-order valence-corrected chi connectivity index (χ0v) is 12.6. The van der Waals surface area contributed by atoms with Crippen LogP contribution in [0.5, 0.6) is 0 Å². The molecule has 0 nitrogen and oxygen atoms in total. The first-order valence-electron chi connectivity index (χ1n) is 5.15. The largest absolute Gasteiger partial charge is 0.207 e. The monoisotopic (exact) mass is 332 g/mol. The van der Waals surface area contributed by atoms with Crippen LogP contribution in [-0.2, 0) is 0 Å². The first kappa shape index (κ1) is 13.1. The summed E-state index contributed by atoms with van der Waals surface area (Å²) in [4.78, 5) is 2.11. The summed E-state index contributed by atoms with van der Waals surface area (Å²) in [7, 11) is 0. The number of hydrogen-bond acceptors (Lipinski definition) is 1. The molecule has 2 aromatic rings. The van der Waals surface area contributed by atoms with Crippen LogP contribution in [0.25, 0.3) is 0 Å². The first-order valence-corrected chi connectivity index (χ1v) is 7.19. The summed E-state index contributed by atoms with van der Waals surface area (Å²) in [5.74, 6) is -0.243. The zero-order valence-electron chi connectivity index (χ0n) is 9.43. The lowest BCUT2D eigenvalue weighted by Crippen LogP contribution is -1.95. The Morgan fingerprint density at radius 2 is 2.00 bits per heavy atom. The van der Waals surface area contributed by atoms with Gasteiger partial charge in [-0.05, 0) is 47.5 Å². The van der Waals surface area contributed by atoms with E-state index in [4.69, 9.17) is 11.6 Å². The van der Waals surface area contributed by atoms with Crippen molar-refractivity contribution in [2.75, 3.05) is 0 Å². The number of thiophene rings is 1. The van der Waals surface area contributed by atoms with Crippen LogP contribution in [0, 0.1) is 19.7 Å². The van der Waals surface area contributed by atoms with Crippen LogP contribution in [-0.4, -0.2) is 0 Å². The minimum absolute atomic E-state index is 0.243. The highest BCUT2D eigenvalue weighted by atomic mass is 79.9. The Hall–Kier alpha value is -0.380. The van der Waals surface area contributed by atoms with Gasteiger partial charge in [-0.15, -0.1) is 22.9 Å². The van der Waals surface area contributed by atoms with E-state index in [1.165, 1.54) is 6.07 Å². The van der Waals surface area contributed by atoms with Crippen molar-refractivity contribution in [2.45, 2.75) is 19.2 Å². The molecular weight excluding hydrogens is 323 g/mol. The number of rotatable bonds is 2. The Morgan fingerprint density at radius 3 is 2.53 bits per heavy atom. The lowest BCUT2D eigenvalue weighted by molar-refractivity contribution is 0.611. The van der Waals surface area contributed by atoms with Gasteiger partial charge in [0.15, 0.2) is 0 Å². The van der Waals surface area contributed by atoms with E-state index in [0.717, 1.165) is 19.8 Å². The van der Waals surface area contributed by atoms with Crippen molar-refractivity contribution >= 4 is 38.9 Å². The van der Waals surface area contributed by atoms with Crippen molar-refractivity contribution < 1.29 is 4.39 Å². The van der Waals surface area contributed by atoms with Crippen LogP contribution in [0.1, 0.15) is 26.3 Å². The predicted molar refractivity (Wildman–Crippen MR) is 75.6 cm³/mol. The summed E-state index contributed by atoms with van der Waals surface area (Å²) in [5, 5.41) is -0.425. The minimum atomic E-state index is -0.425. The molecule has 0 N–H and O–H groups in total. The Morgan fingerprint density at radius 1 is 1.29 bits per heavy atom. The third-order valence-corrected chi connectivity index (χ3v) is 5.36. The third kappa shape index (κ3) is 2.72. The molecule has 0 aliphatic carbocycles. The summed E-state index contributed by atoms with van der Waals surface area (Å²) in [6, 6.07) is 7.10. The first-order chi connectivity index (χ1) is 7.99. The van der Waals surface area contributed by atoms with Gasteiger partial charge in [0.2, 0.25) is 0 Å². The van der Waals surface area contributed by atoms with Gasteiger partial charge in [0, 0.05) is 19.8 Å². The van der Waals surface area contributed by atoms with Gasteiger partial charge < -0.3 is 0 Å². The molecular formula is C13H11BrClFS. The van der Waals surface area contributed by atoms with Gasteiger partial charge in [-0.2, -0.15) is 0 Å².